The first-order chi connectivity index (χ1) is 9.11. The van der Waals surface area contributed by atoms with Crippen molar-refractivity contribution < 1.29 is 4.79 Å². The van der Waals surface area contributed by atoms with Gasteiger partial charge in [-0.3, -0.25) is 4.79 Å². The minimum Gasteiger partial charge on any atom is -0.354 e. The third kappa shape index (κ3) is 7.45. The number of hydrogen-bond donors (Lipinski definition) is 2. The number of halogens is 1. The van der Waals surface area contributed by atoms with Gasteiger partial charge in [0, 0.05) is 23.4 Å². The molecule has 1 amide bonds. The molecular weight excluding hydrogens is 280 g/mol. The zero-order chi connectivity index (χ0) is 14.1. The van der Waals surface area contributed by atoms with Crippen LogP contribution in [0.4, 0.5) is 0 Å². The molecule has 0 aliphatic heterocycles. The van der Waals surface area contributed by atoms with Crippen molar-refractivity contribution in [3.8, 4) is 0 Å². The Bertz CT molecular complexity index is 384. The highest BCUT2D eigenvalue weighted by Crippen LogP contribution is 2.15. The second-order valence-corrected chi connectivity index (χ2v) is 5.80. The lowest BCUT2D eigenvalue weighted by Crippen LogP contribution is -2.39. The second-order valence-electron chi connectivity index (χ2n) is 4.38. The van der Waals surface area contributed by atoms with Gasteiger partial charge in [-0.2, -0.15) is 0 Å². The van der Waals surface area contributed by atoms with Crippen molar-refractivity contribution in [2.24, 2.45) is 0 Å². The number of carbonyl (C=O) groups excluding carboxylic acids is 1. The van der Waals surface area contributed by atoms with E-state index in [4.69, 9.17) is 11.6 Å². The molecule has 0 aliphatic rings. The predicted molar refractivity (Wildman–Crippen MR) is 83.8 cm³/mol. The van der Waals surface area contributed by atoms with E-state index in [-0.39, 0.29) is 5.91 Å². The minimum absolute atomic E-state index is 0.0868. The molecule has 0 bridgehead atoms. The molecule has 106 valence electrons. The molecule has 1 rings (SSSR count). The molecule has 1 aromatic rings. The fraction of sp³-hybridized carbons (Fsp3) is 0.500. The lowest BCUT2D eigenvalue weighted by atomic mass is 10.2. The maximum Gasteiger partial charge on any atom is 0.230 e. The van der Waals surface area contributed by atoms with Gasteiger partial charge in [0.15, 0.2) is 0 Å². The summed E-state index contributed by atoms with van der Waals surface area (Å²) in [6.07, 6.45) is 0. The summed E-state index contributed by atoms with van der Waals surface area (Å²) < 4.78 is 0. The molecule has 0 saturated heterocycles. The van der Waals surface area contributed by atoms with Gasteiger partial charge in [-0.05, 0) is 31.2 Å². The highest BCUT2D eigenvalue weighted by atomic mass is 35.5. The fourth-order valence-corrected chi connectivity index (χ4v) is 2.52. The average Bonchev–Trinajstić information content (AvgIpc) is 2.39. The van der Waals surface area contributed by atoms with E-state index in [0.717, 1.165) is 17.3 Å². The van der Waals surface area contributed by atoms with E-state index in [2.05, 4.69) is 24.5 Å². The van der Waals surface area contributed by atoms with Crippen LogP contribution in [-0.2, 0) is 10.5 Å². The van der Waals surface area contributed by atoms with Crippen LogP contribution in [-0.4, -0.2) is 30.8 Å². The summed E-state index contributed by atoms with van der Waals surface area (Å²) in [4.78, 5) is 11.6. The SMILES string of the molecule is CCN[C@H](C)CNC(=O)CSCc1ccc(Cl)cc1. The van der Waals surface area contributed by atoms with Gasteiger partial charge in [0.05, 0.1) is 5.75 Å². The van der Waals surface area contributed by atoms with Gasteiger partial charge in [-0.25, -0.2) is 0 Å². The highest BCUT2D eigenvalue weighted by Gasteiger charge is 2.04. The van der Waals surface area contributed by atoms with E-state index >= 15 is 0 Å². The Hall–Kier alpha value is -0.710. The fourth-order valence-electron chi connectivity index (χ4n) is 1.58. The van der Waals surface area contributed by atoms with E-state index in [1.54, 1.807) is 11.8 Å². The summed E-state index contributed by atoms with van der Waals surface area (Å²) in [5.74, 6) is 1.40. The Labute approximate surface area is 124 Å². The monoisotopic (exact) mass is 300 g/mol. The first-order valence-corrected chi connectivity index (χ1v) is 7.97. The van der Waals surface area contributed by atoms with Gasteiger partial charge in [0.1, 0.15) is 0 Å². The van der Waals surface area contributed by atoms with Crippen LogP contribution in [0.15, 0.2) is 24.3 Å². The summed E-state index contributed by atoms with van der Waals surface area (Å²) in [6.45, 7) is 5.71. The topological polar surface area (TPSA) is 41.1 Å². The standard InChI is InChI=1S/C14H21ClN2OS/c1-3-16-11(2)8-17-14(18)10-19-9-12-4-6-13(15)7-5-12/h4-7,11,16H,3,8-10H2,1-2H3,(H,17,18)/t11-/m1/s1. The molecule has 0 aromatic heterocycles. The highest BCUT2D eigenvalue weighted by molar-refractivity contribution is 7.99. The van der Waals surface area contributed by atoms with E-state index in [0.29, 0.717) is 18.3 Å². The first-order valence-electron chi connectivity index (χ1n) is 6.44. The first kappa shape index (κ1) is 16.3. The zero-order valence-electron chi connectivity index (χ0n) is 11.4. The molecule has 1 atom stereocenters. The van der Waals surface area contributed by atoms with Gasteiger partial charge in [0.25, 0.3) is 0 Å². The Morgan fingerprint density at radius 1 is 1.37 bits per heavy atom. The lowest BCUT2D eigenvalue weighted by molar-refractivity contribution is -0.118. The van der Waals surface area contributed by atoms with Crippen LogP contribution < -0.4 is 10.6 Å². The van der Waals surface area contributed by atoms with Gasteiger partial charge in [0.2, 0.25) is 5.91 Å². The smallest absolute Gasteiger partial charge is 0.230 e. The lowest BCUT2D eigenvalue weighted by Gasteiger charge is -2.13. The quantitative estimate of drug-likeness (QED) is 0.775. The maximum atomic E-state index is 11.6. The van der Waals surface area contributed by atoms with Crippen LogP contribution in [0.1, 0.15) is 19.4 Å². The summed E-state index contributed by atoms with van der Waals surface area (Å²) in [5.41, 5.74) is 1.18. The van der Waals surface area contributed by atoms with Gasteiger partial charge in [-0.15, -0.1) is 11.8 Å². The van der Waals surface area contributed by atoms with Gasteiger partial charge >= 0.3 is 0 Å². The predicted octanol–water partition coefficient (Wildman–Crippen LogP) is 2.69. The molecule has 0 radical (unpaired) electrons. The molecule has 3 nitrogen and oxygen atoms in total. The number of benzene rings is 1. The molecule has 2 N–H and O–H groups in total. The van der Waals surface area contributed by atoms with E-state index in [9.17, 15) is 4.79 Å². The molecule has 0 aliphatic carbocycles. The molecule has 0 unspecified atom stereocenters. The zero-order valence-corrected chi connectivity index (χ0v) is 13.0. The molecule has 1 aromatic carbocycles. The van der Waals surface area contributed by atoms with Crippen LogP contribution >= 0.6 is 23.4 Å². The Morgan fingerprint density at radius 3 is 2.68 bits per heavy atom. The van der Waals surface area contributed by atoms with E-state index in [1.807, 2.05) is 24.3 Å². The molecule has 0 spiro atoms. The number of amides is 1. The molecule has 0 fully saturated rings. The molecular formula is C14H21ClN2OS. The second kappa shape index (κ2) is 9.23. The van der Waals surface area contributed by atoms with Crippen LogP contribution in [0.25, 0.3) is 0 Å². The molecule has 0 heterocycles. The number of rotatable bonds is 8. The number of hydrogen-bond acceptors (Lipinski definition) is 3. The van der Waals surface area contributed by atoms with Crippen molar-refractivity contribution in [1.82, 2.24) is 10.6 Å². The molecule has 5 heteroatoms. The van der Waals surface area contributed by atoms with Gasteiger partial charge in [-0.1, -0.05) is 30.7 Å². The number of likely N-dealkylation sites (N-methyl/N-ethyl adjacent to an activating group) is 1. The summed E-state index contributed by atoms with van der Waals surface area (Å²) in [6, 6.07) is 8.03. The van der Waals surface area contributed by atoms with Crippen molar-refractivity contribution in [3.63, 3.8) is 0 Å². The van der Waals surface area contributed by atoms with E-state index in [1.165, 1.54) is 5.56 Å². The maximum absolute atomic E-state index is 11.6. The largest absolute Gasteiger partial charge is 0.354 e. The summed E-state index contributed by atoms with van der Waals surface area (Å²) in [5, 5.41) is 6.91. The van der Waals surface area contributed by atoms with Crippen molar-refractivity contribution in [2.75, 3.05) is 18.8 Å². The normalized spacial score (nSPS) is 12.2. The average molecular weight is 301 g/mol. The van der Waals surface area contributed by atoms with Crippen molar-refractivity contribution >= 4 is 29.3 Å². The Morgan fingerprint density at radius 2 is 2.05 bits per heavy atom. The summed E-state index contributed by atoms with van der Waals surface area (Å²) >= 11 is 7.43. The van der Waals surface area contributed by atoms with Crippen molar-refractivity contribution in [2.45, 2.75) is 25.6 Å². The van der Waals surface area contributed by atoms with E-state index < -0.39 is 0 Å². The van der Waals surface area contributed by atoms with Crippen molar-refractivity contribution in [3.05, 3.63) is 34.9 Å². The van der Waals surface area contributed by atoms with Crippen molar-refractivity contribution in [1.29, 1.82) is 0 Å². The number of thioether (sulfide) groups is 1. The molecule has 0 saturated carbocycles. The van der Waals surface area contributed by atoms with Gasteiger partial charge < -0.3 is 10.6 Å². The van der Waals surface area contributed by atoms with Crippen LogP contribution in [0.5, 0.6) is 0 Å². The minimum atomic E-state index is 0.0868. The molecule has 19 heavy (non-hydrogen) atoms. The number of nitrogens with one attached hydrogen (secondary N) is 2. The number of carbonyl (C=O) groups is 1. The summed E-state index contributed by atoms with van der Waals surface area (Å²) in [7, 11) is 0. The van der Waals surface area contributed by atoms with Crippen LogP contribution in [0.3, 0.4) is 0 Å². The van der Waals surface area contributed by atoms with Crippen LogP contribution in [0.2, 0.25) is 5.02 Å². The third-order valence-corrected chi connectivity index (χ3v) is 3.83. The van der Waals surface area contributed by atoms with Crippen LogP contribution in [0, 0.1) is 0 Å². The Kier molecular flexibility index (Phi) is 7.94. The Balaban J connectivity index is 2.15. The third-order valence-electron chi connectivity index (χ3n) is 2.57.